The van der Waals surface area contributed by atoms with Crippen LogP contribution in [0.5, 0.6) is 11.5 Å². The van der Waals surface area contributed by atoms with Crippen molar-refractivity contribution in [2.24, 2.45) is 0 Å². The van der Waals surface area contributed by atoms with Gasteiger partial charge >= 0.3 is 6.03 Å². The zero-order chi connectivity index (χ0) is 20.1. The number of rotatable bonds is 6. The highest BCUT2D eigenvalue weighted by Crippen LogP contribution is 2.29. The Morgan fingerprint density at radius 1 is 1.07 bits per heavy atom. The van der Waals surface area contributed by atoms with Crippen LogP contribution in [-0.4, -0.2) is 31.6 Å². The molecule has 1 fully saturated rings. The number of anilines is 1. The summed E-state index contributed by atoms with van der Waals surface area (Å²) in [4.78, 5) is 34.8. The van der Waals surface area contributed by atoms with Crippen LogP contribution in [0.15, 0.2) is 48.2 Å². The highest BCUT2D eigenvalue weighted by Gasteiger charge is 2.22. The largest absolute Gasteiger partial charge is 0.493 e. The summed E-state index contributed by atoms with van der Waals surface area (Å²) >= 11 is 0. The van der Waals surface area contributed by atoms with Crippen molar-refractivity contribution in [3.8, 4) is 11.5 Å². The molecule has 4 amide bonds. The summed E-state index contributed by atoms with van der Waals surface area (Å²) in [7, 11) is 1.47. The SMILES string of the molecule is COc1cc(/C=C2\NC(=O)NC2=O)ccc1OCC(=O)Nc1ccc(C)cc1. The first-order chi connectivity index (χ1) is 13.4. The summed E-state index contributed by atoms with van der Waals surface area (Å²) in [5, 5.41) is 7.28. The number of nitrogens with one attached hydrogen (secondary N) is 3. The Balaban J connectivity index is 1.64. The molecule has 3 rings (SSSR count). The van der Waals surface area contributed by atoms with E-state index in [9.17, 15) is 14.4 Å². The van der Waals surface area contributed by atoms with E-state index in [1.165, 1.54) is 13.2 Å². The molecule has 0 radical (unpaired) electrons. The third kappa shape index (κ3) is 4.67. The van der Waals surface area contributed by atoms with Crippen LogP contribution >= 0.6 is 0 Å². The number of amides is 4. The Morgan fingerprint density at radius 3 is 2.46 bits per heavy atom. The number of benzene rings is 2. The molecule has 0 unspecified atom stereocenters. The van der Waals surface area contributed by atoms with Gasteiger partial charge in [-0.1, -0.05) is 23.8 Å². The lowest BCUT2D eigenvalue weighted by molar-refractivity contribution is -0.118. The van der Waals surface area contributed by atoms with Crippen LogP contribution in [0.3, 0.4) is 0 Å². The number of hydrogen-bond acceptors (Lipinski definition) is 5. The van der Waals surface area contributed by atoms with Gasteiger partial charge in [-0.2, -0.15) is 0 Å². The van der Waals surface area contributed by atoms with Gasteiger partial charge in [0.25, 0.3) is 11.8 Å². The van der Waals surface area contributed by atoms with Crippen molar-refractivity contribution in [2.75, 3.05) is 19.0 Å². The second-order valence-corrected chi connectivity index (χ2v) is 6.08. The Hall–Kier alpha value is -3.81. The minimum atomic E-state index is -0.567. The molecule has 28 heavy (non-hydrogen) atoms. The van der Waals surface area contributed by atoms with Gasteiger partial charge in [0.2, 0.25) is 0 Å². The molecule has 1 saturated heterocycles. The molecular weight excluding hydrogens is 362 g/mol. The van der Waals surface area contributed by atoms with Crippen molar-refractivity contribution in [3.63, 3.8) is 0 Å². The van der Waals surface area contributed by atoms with E-state index < -0.39 is 11.9 Å². The molecule has 2 aromatic rings. The van der Waals surface area contributed by atoms with E-state index in [2.05, 4.69) is 16.0 Å². The van der Waals surface area contributed by atoms with Crippen LogP contribution in [-0.2, 0) is 9.59 Å². The minimum Gasteiger partial charge on any atom is -0.493 e. The van der Waals surface area contributed by atoms with Gasteiger partial charge in [-0.05, 0) is 42.8 Å². The van der Waals surface area contributed by atoms with Crippen LogP contribution in [0.25, 0.3) is 6.08 Å². The van der Waals surface area contributed by atoms with E-state index >= 15 is 0 Å². The maximum atomic E-state index is 12.1. The molecule has 0 aliphatic carbocycles. The van der Waals surface area contributed by atoms with E-state index in [0.717, 1.165) is 5.56 Å². The highest BCUT2D eigenvalue weighted by atomic mass is 16.5. The summed E-state index contributed by atoms with van der Waals surface area (Å²) in [6, 6.07) is 11.8. The van der Waals surface area contributed by atoms with Gasteiger partial charge in [-0.15, -0.1) is 0 Å². The summed E-state index contributed by atoms with van der Waals surface area (Å²) in [6.07, 6.45) is 1.51. The van der Waals surface area contributed by atoms with Crippen molar-refractivity contribution in [3.05, 3.63) is 59.3 Å². The Labute approximate surface area is 161 Å². The van der Waals surface area contributed by atoms with Gasteiger partial charge in [-0.3, -0.25) is 14.9 Å². The molecule has 3 N–H and O–H groups in total. The van der Waals surface area contributed by atoms with Gasteiger partial charge in [0, 0.05) is 5.69 Å². The van der Waals surface area contributed by atoms with Crippen molar-refractivity contribution < 1.29 is 23.9 Å². The monoisotopic (exact) mass is 381 g/mol. The first kappa shape index (κ1) is 19.0. The fraction of sp³-hybridized carbons (Fsp3) is 0.150. The highest BCUT2D eigenvalue weighted by molar-refractivity contribution is 6.14. The van der Waals surface area contributed by atoms with E-state index in [4.69, 9.17) is 9.47 Å². The quantitative estimate of drug-likeness (QED) is 0.525. The molecule has 0 saturated carbocycles. The summed E-state index contributed by atoms with van der Waals surface area (Å²) < 4.78 is 10.8. The first-order valence-electron chi connectivity index (χ1n) is 8.46. The number of carbonyl (C=O) groups excluding carboxylic acids is 3. The number of urea groups is 1. The van der Waals surface area contributed by atoms with Gasteiger partial charge < -0.3 is 20.1 Å². The number of methoxy groups -OCH3 is 1. The van der Waals surface area contributed by atoms with Crippen molar-refractivity contribution >= 4 is 29.6 Å². The van der Waals surface area contributed by atoms with E-state index in [-0.39, 0.29) is 18.2 Å². The van der Waals surface area contributed by atoms with E-state index in [1.54, 1.807) is 18.2 Å². The molecule has 1 aliphatic heterocycles. The standard InChI is InChI=1S/C20H19N3O5/c1-12-3-6-14(7-4-12)21-18(24)11-28-16-8-5-13(10-17(16)27-2)9-15-19(25)23-20(26)22-15/h3-10H,11H2,1-2H3,(H,21,24)(H2,22,23,25,26)/b15-9-. The smallest absolute Gasteiger partial charge is 0.326 e. The summed E-state index contributed by atoms with van der Waals surface area (Å²) in [5.41, 5.74) is 2.55. The lowest BCUT2D eigenvalue weighted by atomic mass is 10.1. The predicted octanol–water partition coefficient (Wildman–Crippen LogP) is 2.20. The molecule has 144 valence electrons. The topological polar surface area (TPSA) is 106 Å². The van der Waals surface area contributed by atoms with Crippen molar-refractivity contribution in [1.82, 2.24) is 10.6 Å². The number of imide groups is 1. The van der Waals surface area contributed by atoms with Crippen LogP contribution in [0.2, 0.25) is 0 Å². The van der Waals surface area contributed by atoms with E-state index in [1.807, 2.05) is 31.2 Å². The minimum absolute atomic E-state index is 0.137. The first-order valence-corrected chi connectivity index (χ1v) is 8.46. The van der Waals surface area contributed by atoms with Gasteiger partial charge in [0.1, 0.15) is 5.70 Å². The second-order valence-electron chi connectivity index (χ2n) is 6.08. The maximum Gasteiger partial charge on any atom is 0.326 e. The molecule has 2 aromatic carbocycles. The third-order valence-electron chi connectivity index (χ3n) is 3.91. The van der Waals surface area contributed by atoms with Crippen LogP contribution in [0.4, 0.5) is 10.5 Å². The Kier molecular flexibility index (Phi) is 5.59. The van der Waals surface area contributed by atoms with Crippen LogP contribution in [0.1, 0.15) is 11.1 Å². The zero-order valence-electron chi connectivity index (χ0n) is 15.4. The normalized spacial score (nSPS) is 14.4. The molecule has 0 bridgehead atoms. The lowest BCUT2D eigenvalue weighted by Gasteiger charge is -2.12. The van der Waals surface area contributed by atoms with Gasteiger partial charge in [0.15, 0.2) is 18.1 Å². The molecule has 1 aliphatic rings. The zero-order valence-corrected chi connectivity index (χ0v) is 15.4. The number of ether oxygens (including phenoxy) is 2. The second kappa shape index (κ2) is 8.26. The molecule has 1 heterocycles. The molecule has 0 spiro atoms. The fourth-order valence-corrected chi connectivity index (χ4v) is 2.52. The maximum absolute atomic E-state index is 12.1. The number of aryl methyl sites for hydroxylation is 1. The average Bonchev–Trinajstić information content (AvgIpc) is 2.99. The Bertz CT molecular complexity index is 951. The fourth-order valence-electron chi connectivity index (χ4n) is 2.52. The molecule has 0 aromatic heterocycles. The summed E-state index contributed by atoms with van der Waals surface area (Å²) in [5.74, 6) is -0.0367. The van der Waals surface area contributed by atoms with Crippen molar-refractivity contribution in [1.29, 1.82) is 0 Å². The Morgan fingerprint density at radius 2 is 1.82 bits per heavy atom. The number of hydrogen-bond donors (Lipinski definition) is 3. The van der Waals surface area contributed by atoms with Gasteiger partial charge in [0.05, 0.1) is 7.11 Å². The molecule has 8 nitrogen and oxygen atoms in total. The van der Waals surface area contributed by atoms with Crippen LogP contribution < -0.4 is 25.4 Å². The molecular formula is C20H19N3O5. The predicted molar refractivity (Wildman–Crippen MR) is 103 cm³/mol. The third-order valence-corrected chi connectivity index (χ3v) is 3.91. The number of carbonyl (C=O) groups is 3. The van der Waals surface area contributed by atoms with Gasteiger partial charge in [-0.25, -0.2) is 4.79 Å². The van der Waals surface area contributed by atoms with E-state index in [0.29, 0.717) is 22.7 Å². The average molecular weight is 381 g/mol. The summed E-state index contributed by atoms with van der Waals surface area (Å²) in [6.45, 7) is 1.77. The van der Waals surface area contributed by atoms with Crippen LogP contribution in [0, 0.1) is 6.92 Å². The molecule has 0 atom stereocenters. The lowest BCUT2D eigenvalue weighted by Crippen LogP contribution is -2.22. The molecule has 8 heteroatoms. The van der Waals surface area contributed by atoms with Crippen molar-refractivity contribution in [2.45, 2.75) is 6.92 Å².